The summed E-state index contributed by atoms with van der Waals surface area (Å²) >= 11 is 0. The zero-order valence-corrected chi connectivity index (χ0v) is 37.6. The minimum Gasteiger partial charge on any atom is -0.314 e. The van der Waals surface area contributed by atoms with Crippen LogP contribution in [-0.2, 0) is 5.54 Å². The third kappa shape index (κ3) is 5.74. The molecule has 0 amide bonds. The van der Waals surface area contributed by atoms with Crippen molar-refractivity contribution >= 4 is 49.3 Å². The van der Waals surface area contributed by atoms with Gasteiger partial charge in [-0.3, -0.25) is 0 Å². The Hall–Kier alpha value is -9.77. The third-order valence-corrected chi connectivity index (χ3v) is 14.3. The summed E-state index contributed by atoms with van der Waals surface area (Å²) in [5, 5.41) is 24.9. The zero-order chi connectivity index (χ0) is 47.1. The van der Waals surface area contributed by atoms with Crippen molar-refractivity contribution in [3.05, 3.63) is 258 Å². The highest BCUT2D eigenvalue weighted by molar-refractivity contribution is 6.15. The Morgan fingerprint density at radius 2 is 0.729 bits per heavy atom. The summed E-state index contributed by atoms with van der Waals surface area (Å²) in [5.41, 5.74) is 24.8. The Morgan fingerprint density at radius 3 is 1.10 bits per heavy atom. The molecule has 2 N–H and O–H groups in total. The van der Waals surface area contributed by atoms with Crippen LogP contribution in [0.5, 0.6) is 0 Å². The van der Waals surface area contributed by atoms with Gasteiger partial charge in [0.2, 0.25) is 0 Å². The van der Waals surface area contributed by atoms with Gasteiger partial charge in [-0.2, -0.15) is 10.5 Å². The molecule has 0 bridgehead atoms. The molecule has 2 heterocycles. The van der Waals surface area contributed by atoms with E-state index in [2.05, 4.69) is 208 Å². The quantitative estimate of drug-likeness (QED) is 0.169. The van der Waals surface area contributed by atoms with E-state index >= 15 is 0 Å². The van der Waals surface area contributed by atoms with Crippen LogP contribution in [0.2, 0.25) is 0 Å². The fourth-order valence-electron chi connectivity index (χ4n) is 11.4. The summed E-state index contributed by atoms with van der Waals surface area (Å²) < 4.78 is 4.82. The van der Waals surface area contributed by atoms with E-state index in [1.165, 1.54) is 0 Å². The van der Waals surface area contributed by atoms with E-state index in [9.17, 15) is 10.5 Å². The van der Waals surface area contributed by atoms with Crippen LogP contribution in [-0.4, -0.2) is 9.13 Å². The monoisotopic (exact) mass is 890 g/mol. The first-order valence-electron chi connectivity index (χ1n) is 23.2. The third-order valence-electron chi connectivity index (χ3n) is 14.3. The molecule has 6 nitrogen and oxygen atoms in total. The standard InChI is InChI=1S/C64H38N6/c1-68-45-36-34-43(35-37-45)59-61(64(67)52-20-8-2-14-46(52)47-15-3-9-21-53(47)64)58(42-30-26-40(38-65)27-31-42)62(69-54-22-10-4-16-48(54)49-17-5-11-23-55(49)69)60(44-32-28-41(39-66)29-33-44)63(59)70-56-24-12-6-18-50(56)51-19-7-13-25-57(51)70/h2-37H,67H2. The fourth-order valence-corrected chi connectivity index (χ4v) is 11.4. The average Bonchev–Trinajstić information content (AvgIpc) is 4.04. The molecule has 0 fully saturated rings. The van der Waals surface area contributed by atoms with Gasteiger partial charge in [0.1, 0.15) is 0 Å². The number of para-hydroxylation sites is 4. The molecule has 1 aliphatic rings. The molecule has 2 aromatic heterocycles. The van der Waals surface area contributed by atoms with Crippen molar-refractivity contribution in [3.8, 4) is 68.0 Å². The highest BCUT2D eigenvalue weighted by Gasteiger charge is 2.47. The lowest BCUT2D eigenvalue weighted by atomic mass is 9.71. The molecule has 13 rings (SSSR count). The predicted molar refractivity (Wildman–Crippen MR) is 283 cm³/mol. The molecule has 0 atom stereocenters. The number of fused-ring (bicyclic) bond motifs is 9. The van der Waals surface area contributed by atoms with Gasteiger partial charge < -0.3 is 14.9 Å². The molecule has 0 saturated heterocycles. The summed E-state index contributed by atoms with van der Waals surface area (Å²) in [7, 11) is 0. The maximum absolute atomic E-state index is 10.3. The zero-order valence-electron chi connectivity index (χ0n) is 37.6. The van der Waals surface area contributed by atoms with Gasteiger partial charge >= 0.3 is 0 Å². The number of hydrogen-bond donors (Lipinski definition) is 1. The second kappa shape index (κ2) is 15.7. The highest BCUT2D eigenvalue weighted by atomic mass is 15.0. The Morgan fingerprint density at radius 1 is 0.400 bits per heavy atom. The van der Waals surface area contributed by atoms with E-state index in [-0.39, 0.29) is 0 Å². The van der Waals surface area contributed by atoms with E-state index < -0.39 is 5.54 Å². The molecule has 0 saturated carbocycles. The summed E-state index contributed by atoms with van der Waals surface area (Å²) in [5.74, 6) is 0. The van der Waals surface area contributed by atoms with E-state index in [0.29, 0.717) is 16.8 Å². The largest absolute Gasteiger partial charge is 0.314 e. The molecule has 0 unspecified atom stereocenters. The average molecular weight is 891 g/mol. The van der Waals surface area contributed by atoms with E-state index in [0.717, 1.165) is 116 Å². The van der Waals surface area contributed by atoms with Gasteiger partial charge in [-0.05, 0) is 87.5 Å². The van der Waals surface area contributed by atoms with Gasteiger partial charge in [-0.25, -0.2) is 4.85 Å². The molecule has 12 aromatic rings. The number of benzene rings is 10. The second-order valence-corrected chi connectivity index (χ2v) is 17.9. The van der Waals surface area contributed by atoms with Crippen molar-refractivity contribution in [3.63, 3.8) is 0 Å². The van der Waals surface area contributed by atoms with Crippen LogP contribution in [0.25, 0.3) is 104 Å². The molecule has 0 radical (unpaired) electrons. The van der Waals surface area contributed by atoms with Crippen molar-refractivity contribution in [2.45, 2.75) is 5.54 Å². The van der Waals surface area contributed by atoms with E-state index in [1.807, 2.05) is 36.4 Å². The predicted octanol–water partition coefficient (Wildman–Crippen LogP) is 15.4. The number of nitrogens with zero attached hydrogens (tertiary/aromatic N) is 5. The molecule has 1 aliphatic carbocycles. The van der Waals surface area contributed by atoms with Crippen molar-refractivity contribution in [1.82, 2.24) is 9.13 Å². The topological polar surface area (TPSA) is 87.8 Å². The Kier molecular flexibility index (Phi) is 9.06. The van der Waals surface area contributed by atoms with Crippen LogP contribution in [0, 0.1) is 29.2 Å². The van der Waals surface area contributed by atoms with Gasteiger partial charge in [-0.1, -0.05) is 170 Å². The van der Waals surface area contributed by atoms with Crippen LogP contribution in [0.3, 0.4) is 0 Å². The maximum Gasteiger partial charge on any atom is 0.187 e. The van der Waals surface area contributed by atoms with Gasteiger partial charge in [0, 0.05) is 43.8 Å². The summed E-state index contributed by atoms with van der Waals surface area (Å²) in [6.07, 6.45) is 0. The number of rotatable bonds is 6. The van der Waals surface area contributed by atoms with Gasteiger partial charge in [0.05, 0.1) is 68.8 Å². The summed E-state index contributed by atoms with van der Waals surface area (Å²) in [6.45, 7) is 8.08. The number of hydrogen-bond acceptors (Lipinski definition) is 3. The van der Waals surface area contributed by atoms with Crippen molar-refractivity contribution in [2.24, 2.45) is 5.73 Å². The summed E-state index contributed by atoms with van der Waals surface area (Å²) in [6, 6.07) is 79.7. The van der Waals surface area contributed by atoms with Crippen molar-refractivity contribution < 1.29 is 0 Å². The SMILES string of the molecule is [C-]#[N+]c1ccc(-c2c(-n3c4ccccc4c4ccccc43)c(-c3ccc(C#N)cc3)c(-n3c4ccccc4c4ccccc43)c(-c3ccc(C#N)cc3)c2C2(N)c3ccccc3-c3ccccc32)cc1. The highest BCUT2D eigenvalue weighted by Crippen LogP contribution is 2.59. The lowest BCUT2D eigenvalue weighted by molar-refractivity contribution is 0.675. The molecule has 6 heteroatoms. The Balaban J connectivity index is 1.41. The first-order valence-corrected chi connectivity index (χ1v) is 23.2. The minimum absolute atomic E-state index is 0.518. The number of aromatic nitrogens is 2. The molecule has 70 heavy (non-hydrogen) atoms. The van der Waals surface area contributed by atoms with Gasteiger partial charge in [-0.15, -0.1) is 0 Å². The normalized spacial score (nSPS) is 12.4. The van der Waals surface area contributed by atoms with Crippen LogP contribution in [0.15, 0.2) is 218 Å². The molecule has 324 valence electrons. The molecule has 0 aliphatic heterocycles. The lowest BCUT2D eigenvalue weighted by Gasteiger charge is -2.37. The second-order valence-electron chi connectivity index (χ2n) is 17.9. The van der Waals surface area contributed by atoms with E-state index in [4.69, 9.17) is 12.3 Å². The van der Waals surface area contributed by atoms with Crippen LogP contribution in [0.4, 0.5) is 5.69 Å². The smallest absolute Gasteiger partial charge is 0.187 e. The molecule has 0 spiro atoms. The molecular weight excluding hydrogens is 853 g/mol. The fraction of sp³-hybridized carbons (Fsp3) is 0.0156. The van der Waals surface area contributed by atoms with Gasteiger partial charge in [0.15, 0.2) is 5.69 Å². The first-order chi connectivity index (χ1) is 34.5. The molecule has 10 aromatic carbocycles. The van der Waals surface area contributed by atoms with Crippen LogP contribution in [0.1, 0.15) is 27.8 Å². The maximum atomic E-state index is 10.3. The van der Waals surface area contributed by atoms with Crippen molar-refractivity contribution in [1.29, 1.82) is 10.5 Å². The first kappa shape index (κ1) is 40.5. The van der Waals surface area contributed by atoms with E-state index in [1.54, 1.807) is 0 Å². The number of nitriles is 2. The Labute approximate surface area is 404 Å². The summed E-state index contributed by atoms with van der Waals surface area (Å²) in [4.78, 5) is 3.87. The van der Waals surface area contributed by atoms with Gasteiger partial charge in [0.25, 0.3) is 0 Å². The number of nitrogens with two attached hydrogens (primary N) is 1. The molecular formula is C64H38N6. The van der Waals surface area contributed by atoms with Crippen LogP contribution >= 0.6 is 0 Å². The lowest BCUT2D eigenvalue weighted by Crippen LogP contribution is -2.39. The Bertz CT molecular complexity index is 3920. The van der Waals surface area contributed by atoms with Crippen molar-refractivity contribution in [2.75, 3.05) is 0 Å². The van der Waals surface area contributed by atoms with Crippen LogP contribution < -0.4 is 5.73 Å². The minimum atomic E-state index is -1.30.